The molecule has 1 heterocycles. The van der Waals surface area contributed by atoms with Gasteiger partial charge in [0, 0.05) is 12.8 Å². The predicted octanol–water partition coefficient (Wildman–Crippen LogP) is 3.54. The Hall–Kier alpha value is -1.92. The van der Waals surface area contributed by atoms with Crippen LogP contribution in [0.3, 0.4) is 0 Å². The number of carbonyl (C=O) groups is 3. The molecule has 2 atom stereocenters. The number of hydrogen-bond donors (Lipinski definition) is 1. The number of benzene rings is 1. The number of Topliss-reactive ketones (excluding diaryl/α,β-unsaturated/α-hetero) is 1. The van der Waals surface area contributed by atoms with E-state index in [1.807, 2.05) is 18.2 Å². The third-order valence-corrected chi connectivity index (χ3v) is 5.90. The van der Waals surface area contributed by atoms with Crippen molar-refractivity contribution in [1.29, 1.82) is 0 Å². The van der Waals surface area contributed by atoms with Crippen LogP contribution < -0.4 is 5.32 Å². The van der Waals surface area contributed by atoms with Crippen molar-refractivity contribution < 1.29 is 23.9 Å². The number of carbonyl (C=O) groups excluding carboxylic acids is 3. The first-order valence-electron chi connectivity index (χ1n) is 9.77. The Balaban J connectivity index is 1.59. The molecule has 152 valence electrons. The summed E-state index contributed by atoms with van der Waals surface area (Å²) in [5, 5.41) is 2.11. The van der Waals surface area contributed by atoms with E-state index in [0.29, 0.717) is 25.9 Å². The smallest absolute Gasteiger partial charge is 0.414 e. The second kappa shape index (κ2) is 9.05. The van der Waals surface area contributed by atoms with Gasteiger partial charge in [0.2, 0.25) is 5.91 Å². The van der Waals surface area contributed by atoms with E-state index in [4.69, 9.17) is 21.1 Å². The molecule has 1 spiro atoms. The van der Waals surface area contributed by atoms with E-state index >= 15 is 0 Å². The number of aryl methyl sites for hydroxylation is 1. The van der Waals surface area contributed by atoms with Crippen LogP contribution in [0.1, 0.15) is 50.5 Å². The molecule has 0 aromatic heterocycles. The van der Waals surface area contributed by atoms with Crippen molar-refractivity contribution in [2.24, 2.45) is 0 Å². The quantitative estimate of drug-likeness (QED) is 0.404. The van der Waals surface area contributed by atoms with Crippen LogP contribution in [-0.4, -0.2) is 41.5 Å². The fourth-order valence-corrected chi connectivity index (χ4v) is 4.11. The van der Waals surface area contributed by atoms with E-state index in [1.54, 1.807) is 0 Å². The van der Waals surface area contributed by atoms with Crippen LogP contribution in [0.15, 0.2) is 30.3 Å². The molecule has 7 heteroatoms. The maximum atomic E-state index is 12.2. The fourth-order valence-electron chi connectivity index (χ4n) is 4.04. The minimum absolute atomic E-state index is 0.0573. The Bertz CT molecular complexity index is 719. The van der Waals surface area contributed by atoms with Crippen LogP contribution in [0.25, 0.3) is 0 Å². The summed E-state index contributed by atoms with van der Waals surface area (Å²) in [4.78, 5) is 35.8. The normalized spacial score (nSPS) is 26.1. The molecule has 1 aliphatic carbocycles. The summed E-state index contributed by atoms with van der Waals surface area (Å²) in [6, 6.07) is 10.3. The fraction of sp³-hybridized carbons (Fsp3) is 0.571. The number of halogens is 1. The number of epoxide rings is 1. The average Bonchev–Trinajstić information content (AvgIpc) is 3.47. The Morgan fingerprint density at radius 3 is 2.61 bits per heavy atom. The van der Waals surface area contributed by atoms with Crippen molar-refractivity contribution in [3.05, 3.63) is 35.9 Å². The van der Waals surface area contributed by atoms with Gasteiger partial charge in [0.1, 0.15) is 17.3 Å². The van der Waals surface area contributed by atoms with E-state index in [9.17, 15) is 14.4 Å². The van der Waals surface area contributed by atoms with Crippen molar-refractivity contribution >= 4 is 29.4 Å². The summed E-state index contributed by atoms with van der Waals surface area (Å²) in [6.07, 6.45) is 4.55. The van der Waals surface area contributed by atoms with Crippen LogP contribution in [0.5, 0.6) is 0 Å². The lowest BCUT2D eigenvalue weighted by atomic mass is 9.71. The molecule has 3 rings (SSSR count). The van der Waals surface area contributed by atoms with Crippen molar-refractivity contribution in [2.75, 3.05) is 12.5 Å². The number of nitrogens with one attached hydrogen (secondary N) is 1. The zero-order valence-electron chi connectivity index (χ0n) is 15.9. The van der Waals surface area contributed by atoms with Gasteiger partial charge in [0.05, 0.1) is 6.61 Å². The van der Waals surface area contributed by atoms with E-state index in [0.717, 1.165) is 25.7 Å². The van der Waals surface area contributed by atoms with E-state index in [-0.39, 0.29) is 18.1 Å². The van der Waals surface area contributed by atoms with Gasteiger partial charge in [0.25, 0.3) is 0 Å². The van der Waals surface area contributed by atoms with Crippen LogP contribution in [-0.2, 0) is 25.5 Å². The summed E-state index contributed by atoms with van der Waals surface area (Å²) in [5.74, 6) is -0.901. The van der Waals surface area contributed by atoms with Crippen LogP contribution in [0, 0.1) is 0 Å². The van der Waals surface area contributed by atoms with E-state index < -0.39 is 23.2 Å². The monoisotopic (exact) mass is 407 g/mol. The van der Waals surface area contributed by atoms with E-state index in [1.165, 1.54) is 5.56 Å². The molecule has 1 saturated heterocycles. The van der Waals surface area contributed by atoms with Crippen molar-refractivity contribution in [2.45, 2.75) is 62.6 Å². The standard InChI is InChI=1S/C21H26ClNO5/c22-14-18(25)23-19(26)28-20(13-17(24)10-12-21(20)15-27-21)11-6-2-5-9-16-7-3-1-4-8-16/h1,3-4,7-8H,2,5-6,9-15H2,(H,23,25,26). The lowest BCUT2D eigenvalue weighted by Crippen LogP contribution is -2.55. The van der Waals surface area contributed by atoms with Gasteiger partial charge < -0.3 is 9.47 Å². The highest BCUT2D eigenvalue weighted by atomic mass is 35.5. The van der Waals surface area contributed by atoms with Gasteiger partial charge in [-0.1, -0.05) is 36.8 Å². The molecule has 28 heavy (non-hydrogen) atoms. The van der Waals surface area contributed by atoms with Gasteiger partial charge in [-0.3, -0.25) is 14.9 Å². The zero-order valence-corrected chi connectivity index (χ0v) is 16.6. The van der Waals surface area contributed by atoms with Gasteiger partial charge >= 0.3 is 6.09 Å². The molecule has 0 bridgehead atoms. The molecule has 1 N–H and O–H groups in total. The molecule has 2 fully saturated rings. The molecular formula is C21H26ClNO5. The highest BCUT2D eigenvalue weighted by Crippen LogP contribution is 2.52. The van der Waals surface area contributed by atoms with Crippen LogP contribution >= 0.6 is 11.6 Å². The molecule has 0 radical (unpaired) electrons. The minimum atomic E-state index is -1.01. The lowest BCUT2D eigenvalue weighted by molar-refractivity contribution is -0.137. The number of imide groups is 1. The Labute approximate surface area is 169 Å². The number of ether oxygens (including phenoxy) is 2. The van der Waals surface area contributed by atoms with Crippen LogP contribution in [0.2, 0.25) is 0 Å². The summed E-state index contributed by atoms with van der Waals surface area (Å²) in [7, 11) is 0. The number of unbranched alkanes of at least 4 members (excludes halogenated alkanes) is 2. The zero-order chi connectivity index (χ0) is 20.0. The number of rotatable bonds is 8. The summed E-state index contributed by atoms with van der Waals surface area (Å²) < 4.78 is 11.4. The number of alkyl carbamates (subject to hydrolysis) is 1. The van der Waals surface area contributed by atoms with Gasteiger partial charge in [-0.2, -0.15) is 0 Å². The second-order valence-corrected chi connectivity index (χ2v) is 7.88. The second-order valence-electron chi connectivity index (χ2n) is 7.61. The van der Waals surface area contributed by atoms with Gasteiger partial charge in [-0.05, 0) is 37.7 Å². The molecule has 2 unspecified atom stereocenters. The minimum Gasteiger partial charge on any atom is -0.439 e. The summed E-state index contributed by atoms with van der Waals surface area (Å²) in [5.41, 5.74) is -0.310. The Morgan fingerprint density at radius 2 is 1.93 bits per heavy atom. The Kier molecular flexibility index (Phi) is 6.73. The van der Waals surface area contributed by atoms with Crippen molar-refractivity contribution in [3.8, 4) is 0 Å². The molecule has 2 amide bonds. The van der Waals surface area contributed by atoms with Crippen molar-refractivity contribution in [1.82, 2.24) is 5.32 Å². The highest BCUT2D eigenvalue weighted by molar-refractivity contribution is 6.28. The average molecular weight is 408 g/mol. The van der Waals surface area contributed by atoms with Gasteiger partial charge in [-0.25, -0.2) is 4.79 Å². The molecule has 1 saturated carbocycles. The van der Waals surface area contributed by atoms with Gasteiger partial charge in [0.15, 0.2) is 5.60 Å². The van der Waals surface area contributed by atoms with Crippen LogP contribution in [0.4, 0.5) is 4.79 Å². The first-order chi connectivity index (χ1) is 13.5. The maximum absolute atomic E-state index is 12.2. The first-order valence-corrected chi connectivity index (χ1v) is 10.3. The SMILES string of the molecule is O=C1CCC2(CO2)C(CCCCCc2ccccc2)(OC(=O)NC(=O)CCl)C1. The van der Waals surface area contributed by atoms with Gasteiger partial charge in [-0.15, -0.1) is 11.6 Å². The number of amides is 2. The molecule has 1 aromatic rings. The third kappa shape index (κ3) is 4.92. The van der Waals surface area contributed by atoms with E-state index in [2.05, 4.69) is 17.4 Å². The summed E-state index contributed by atoms with van der Waals surface area (Å²) >= 11 is 5.44. The molecule has 1 aromatic carbocycles. The topological polar surface area (TPSA) is 85.0 Å². The number of hydrogen-bond acceptors (Lipinski definition) is 5. The predicted molar refractivity (Wildman–Crippen MR) is 104 cm³/mol. The first kappa shape index (κ1) is 20.8. The highest BCUT2D eigenvalue weighted by Gasteiger charge is 2.66. The largest absolute Gasteiger partial charge is 0.439 e. The molecular weight excluding hydrogens is 382 g/mol. The number of alkyl halides is 1. The third-order valence-electron chi connectivity index (χ3n) is 5.65. The molecule has 1 aliphatic heterocycles. The maximum Gasteiger partial charge on any atom is 0.414 e. The summed E-state index contributed by atoms with van der Waals surface area (Å²) in [6.45, 7) is 0.473. The molecule has 2 aliphatic rings. The Morgan fingerprint density at radius 1 is 1.18 bits per heavy atom. The lowest BCUT2D eigenvalue weighted by Gasteiger charge is -2.41. The molecule has 6 nitrogen and oxygen atoms in total. The van der Waals surface area contributed by atoms with Crippen molar-refractivity contribution in [3.63, 3.8) is 0 Å². The number of ketones is 1.